The summed E-state index contributed by atoms with van der Waals surface area (Å²) < 4.78 is 0. The predicted octanol–water partition coefficient (Wildman–Crippen LogP) is 0.583. The number of urea groups is 1. The van der Waals surface area contributed by atoms with Crippen molar-refractivity contribution in [3.05, 3.63) is 35.5 Å². The molecule has 3 aliphatic rings. The van der Waals surface area contributed by atoms with E-state index >= 15 is 0 Å². The van der Waals surface area contributed by atoms with Gasteiger partial charge in [-0.15, -0.1) is 0 Å². The quantitative estimate of drug-likeness (QED) is 0.568. The van der Waals surface area contributed by atoms with Crippen LogP contribution in [0.25, 0.3) is 0 Å². The van der Waals surface area contributed by atoms with E-state index in [2.05, 4.69) is 5.32 Å². The summed E-state index contributed by atoms with van der Waals surface area (Å²) in [5.74, 6) is -1.27. The third-order valence-corrected chi connectivity index (χ3v) is 5.26. The highest BCUT2D eigenvalue weighted by atomic mass is 16.3. The minimum atomic E-state index is -0.532. The fourth-order valence-corrected chi connectivity index (χ4v) is 3.84. The molecule has 28 heavy (non-hydrogen) atoms. The summed E-state index contributed by atoms with van der Waals surface area (Å²) in [6.45, 7) is 1.99. The number of imide groups is 2. The highest BCUT2D eigenvalue weighted by Gasteiger charge is 2.48. The molecule has 9 heteroatoms. The van der Waals surface area contributed by atoms with E-state index in [-0.39, 0.29) is 30.8 Å². The lowest BCUT2D eigenvalue weighted by atomic mass is 10.1. The summed E-state index contributed by atoms with van der Waals surface area (Å²) in [4.78, 5) is 53.3. The molecule has 2 saturated heterocycles. The molecule has 146 valence electrons. The maximum Gasteiger partial charge on any atom is 0.332 e. The Labute approximate surface area is 161 Å². The molecule has 5 amide bonds. The molecule has 9 nitrogen and oxygen atoms in total. The Morgan fingerprint density at radius 3 is 2.71 bits per heavy atom. The van der Waals surface area contributed by atoms with Gasteiger partial charge in [0, 0.05) is 18.3 Å². The molecular formula is C19H20N4O5. The van der Waals surface area contributed by atoms with Crippen molar-refractivity contribution in [3.8, 4) is 0 Å². The van der Waals surface area contributed by atoms with Crippen molar-refractivity contribution in [2.45, 2.75) is 25.8 Å². The second-order valence-corrected chi connectivity index (χ2v) is 7.01. The third kappa shape index (κ3) is 2.75. The van der Waals surface area contributed by atoms with E-state index in [0.29, 0.717) is 24.3 Å². The Morgan fingerprint density at radius 1 is 1.21 bits per heavy atom. The predicted molar refractivity (Wildman–Crippen MR) is 99.3 cm³/mol. The van der Waals surface area contributed by atoms with E-state index in [1.165, 1.54) is 11.0 Å². The van der Waals surface area contributed by atoms with Crippen molar-refractivity contribution in [1.29, 1.82) is 0 Å². The normalized spacial score (nSPS) is 21.7. The van der Waals surface area contributed by atoms with Gasteiger partial charge in [-0.25, -0.2) is 9.69 Å². The highest BCUT2D eigenvalue weighted by Crippen LogP contribution is 2.34. The van der Waals surface area contributed by atoms with Gasteiger partial charge in [0.15, 0.2) is 0 Å². The summed E-state index contributed by atoms with van der Waals surface area (Å²) in [6, 6.07) is 4.36. The number of carbonyl (C=O) groups excluding carboxylic acids is 4. The molecule has 3 heterocycles. The second kappa shape index (κ2) is 6.75. The molecule has 0 bridgehead atoms. The number of rotatable bonds is 5. The van der Waals surface area contributed by atoms with Gasteiger partial charge >= 0.3 is 6.03 Å². The monoisotopic (exact) mass is 384 g/mol. The Bertz CT molecular complexity index is 903. The van der Waals surface area contributed by atoms with Crippen molar-refractivity contribution in [2.24, 2.45) is 0 Å². The van der Waals surface area contributed by atoms with Gasteiger partial charge in [-0.05, 0) is 37.5 Å². The smallest absolute Gasteiger partial charge is 0.332 e. The van der Waals surface area contributed by atoms with Gasteiger partial charge in [-0.3, -0.25) is 19.3 Å². The second-order valence-electron chi connectivity index (χ2n) is 7.01. The lowest BCUT2D eigenvalue weighted by Crippen LogP contribution is -2.34. The topological polar surface area (TPSA) is 110 Å². The molecule has 1 aromatic rings. The maximum atomic E-state index is 12.7. The zero-order valence-corrected chi connectivity index (χ0v) is 15.3. The van der Waals surface area contributed by atoms with Crippen LogP contribution in [0.2, 0.25) is 0 Å². The molecule has 1 unspecified atom stereocenters. The van der Waals surface area contributed by atoms with Gasteiger partial charge in [0.2, 0.25) is 0 Å². The number of aryl methyl sites for hydroxylation is 1. The van der Waals surface area contributed by atoms with Crippen molar-refractivity contribution in [2.75, 3.05) is 29.9 Å². The number of fused-ring (bicyclic) bond motifs is 1. The number of benzene rings is 1. The Kier molecular flexibility index (Phi) is 4.38. The molecule has 4 rings (SSSR count). The van der Waals surface area contributed by atoms with Crippen LogP contribution in [0.1, 0.15) is 18.4 Å². The molecule has 1 atom stereocenters. The lowest BCUT2D eigenvalue weighted by molar-refractivity contribution is -0.137. The molecule has 0 spiro atoms. The summed E-state index contributed by atoms with van der Waals surface area (Å²) in [6.07, 6.45) is 2.66. The summed E-state index contributed by atoms with van der Waals surface area (Å²) >= 11 is 0. The average molecular weight is 384 g/mol. The first-order chi connectivity index (χ1) is 13.4. The van der Waals surface area contributed by atoms with Crippen LogP contribution in [-0.2, 0) is 14.4 Å². The molecular weight excluding hydrogens is 364 g/mol. The van der Waals surface area contributed by atoms with Gasteiger partial charge in [0.25, 0.3) is 17.7 Å². The Morgan fingerprint density at radius 2 is 2.00 bits per heavy atom. The molecule has 0 aliphatic carbocycles. The van der Waals surface area contributed by atoms with E-state index in [9.17, 15) is 19.2 Å². The number of nitrogens with one attached hydrogen (secondary N) is 1. The van der Waals surface area contributed by atoms with Crippen molar-refractivity contribution >= 4 is 35.1 Å². The highest BCUT2D eigenvalue weighted by molar-refractivity contribution is 6.22. The van der Waals surface area contributed by atoms with Crippen molar-refractivity contribution in [3.63, 3.8) is 0 Å². The lowest BCUT2D eigenvalue weighted by Gasteiger charge is -2.19. The zero-order valence-electron chi connectivity index (χ0n) is 15.3. The van der Waals surface area contributed by atoms with Gasteiger partial charge in [-0.2, -0.15) is 0 Å². The van der Waals surface area contributed by atoms with Crippen LogP contribution in [0.3, 0.4) is 0 Å². The Hall–Kier alpha value is -3.20. The van der Waals surface area contributed by atoms with E-state index in [0.717, 1.165) is 16.9 Å². The zero-order chi connectivity index (χ0) is 20.0. The number of aliphatic hydroxyl groups is 1. The maximum absolute atomic E-state index is 12.7. The van der Waals surface area contributed by atoms with Gasteiger partial charge < -0.3 is 15.3 Å². The molecule has 2 N–H and O–H groups in total. The number of anilines is 2. The van der Waals surface area contributed by atoms with Crippen LogP contribution < -0.4 is 10.2 Å². The van der Waals surface area contributed by atoms with Gasteiger partial charge in [0.05, 0.1) is 18.8 Å². The van der Waals surface area contributed by atoms with Crippen LogP contribution >= 0.6 is 0 Å². The largest absolute Gasteiger partial charge is 0.395 e. The number of amides is 5. The number of β-amino-alcohol motifs (C(OH)–C–C–N with tert-alkyl or cyclic N) is 1. The number of hydrogen-bond donors (Lipinski definition) is 2. The number of carbonyl (C=O) groups is 4. The van der Waals surface area contributed by atoms with Crippen LogP contribution in [0.5, 0.6) is 0 Å². The first-order valence-corrected chi connectivity index (χ1v) is 9.13. The van der Waals surface area contributed by atoms with Crippen LogP contribution in [-0.4, -0.2) is 64.4 Å². The average Bonchev–Trinajstić information content (AvgIpc) is 3.31. The SMILES string of the molecule is Cc1ccc(NC2=CC(=O)N(CCO)C2=O)cc1N1C(=O)C2CCCN2C1=O. The molecule has 2 fully saturated rings. The van der Waals surface area contributed by atoms with Gasteiger partial charge in [-0.1, -0.05) is 6.07 Å². The first-order valence-electron chi connectivity index (χ1n) is 9.13. The number of nitrogens with zero attached hydrogens (tertiary/aromatic N) is 3. The fraction of sp³-hybridized carbons (Fsp3) is 0.368. The van der Waals surface area contributed by atoms with Crippen LogP contribution in [0.4, 0.5) is 16.2 Å². The number of aliphatic hydroxyl groups excluding tert-OH is 1. The van der Waals surface area contributed by atoms with E-state index in [1.54, 1.807) is 30.0 Å². The molecule has 0 saturated carbocycles. The van der Waals surface area contributed by atoms with E-state index in [4.69, 9.17) is 5.11 Å². The standard InChI is InChI=1S/C19H20N4O5/c1-11-4-5-12(20-13-10-16(25)22(7-8-24)17(13)26)9-15(11)23-18(27)14-3-2-6-21(14)19(23)28/h4-5,9-10,14,20,24H,2-3,6-8H2,1H3. The van der Waals surface area contributed by atoms with E-state index in [1.807, 2.05) is 0 Å². The number of hydrogen-bond acceptors (Lipinski definition) is 6. The molecule has 0 aromatic heterocycles. The van der Waals surface area contributed by atoms with Crippen LogP contribution in [0, 0.1) is 6.92 Å². The van der Waals surface area contributed by atoms with Crippen LogP contribution in [0.15, 0.2) is 30.0 Å². The summed E-state index contributed by atoms with van der Waals surface area (Å²) in [7, 11) is 0. The van der Waals surface area contributed by atoms with E-state index < -0.39 is 17.9 Å². The van der Waals surface area contributed by atoms with Crippen molar-refractivity contribution in [1.82, 2.24) is 9.80 Å². The third-order valence-electron chi connectivity index (χ3n) is 5.26. The van der Waals surface area contributed by atoms with Gasteiger partial charge in [0.1, 0.15) is 11.7 Å². The summed E-state index contributed by atoms with van der Waals surface area (Å²) in [5, 5.41) is 11.9. The minimum Gasteiger partial charge on any atom is -0.395 e. The molecule has 0 radical (unpaired) electrons. The molecule has 3 aliphatic heterocycles. The Balaban J connectivity index is 1.60. The fourth-order valence-electron chi connectivity index (χ4n) is 3.84. The summed E-state index contributed by atoms with van der Waals surface area (Å²) in [5.41, 5.74) is 1.76. The molecule has 1 aromatic carbocycles. The minimum absolute atomic E-state index is 0.0768. The van der Waals surface area contributed by atoms with Crippen molar-refractivity contribution < 1.29 is 24.3 Å². The first kappa shape index (κ1) is 18.2.